The van der Waals surface area contributed by atoms with E-state index in [1.54, 1.807) is 13.2 Å². The van der Waals surface area contributed by atoms with E-state index in [1.807, 2.05) is 0 Å². The van der Waals surface area contributed by atoms with Crippen LogP contribution < -0.4 is 0 Å². The highest BCUT2D eigenvalue weighted by atomic mass is 16.4. The molecule has 12 heavy (non-hydrogen) atoms. The van der Waals surface area contributed by atoms with Crippen LogP contribution in [0.15, 0.2) is 10.7 Å². The number of carboxylic acids is 1. The van der Waals surface area contributed by atoms with Crippen LogP contribution in [0.3, 0.4) is 0 Å². The maximum atomic E-state index is 10.5. The molecule has 1 aliphatic carbocycles. The van der Waals surface area contributed by atoms with Crippen molar-refractivity contribution in [1.29, 1.82) is 0 Å². The molecular formula is C8H9NO3. The first-order chi connectivity index (χ1) is 5.68. The Labute approximate surface area is 69.2 Å². The molecule has 0 aromatic carbocycles. The molecule has 2 atom stereocenters. The Balaban J connectivity index is 2.10. The van der Waals surface area contributed by atoms with Crippen LogP contribution in [0.5, 0.6) is 0 Å². The first-order valence-electron chi connectivity index (χ1n) is 3.83. The largest absolute Gasteiger partial charge is 0.481 e. The number of nitrogens with zero attached hydrogens (tertiary/aromatic N) is 1. The smallest absolute Gasteiger partial charge is 0.307 e. The van der Waals surface area contributed by atoms with Gasteiger partial charge in [0.2, 0.25) is 0 Å². The zero-order valence-electron chi connectivity index (χ0n) is 6.65. The van der Waals surface area contributed by atoms with E-state index in [-0.39, 0.29) is 11.8 Å². The zero-order valence-corrected chi connectivity index (χ0v) is 6.65. The summed E-state index contributed by atoms with van der Waals surface area (Å²) < 4.78 is 4.99. The fourth-order valence-electron chi connectivity index (χ4n) is 1.35. The van der Waals surface area contributed by atoms with Gasteiger partial charge in [0.15, 0.2) is 5.89 Å². The number of aryl methyl sites for hydroxylation is 1. The number of oxazole rings is 1. The van der Waals surface area contributed by atoms with Gasteiger partial charge in [-0.1, -0.05) is 0 Å². The third-order valence-electron chi connectivity index (χ3n) is 2.12. The lowest BCUT2D eigenvalue weighted by atomic mass is 10.2. The lowest BCUT2D eigenvalue weighted by Gasteiger charge is -1.87. The van der Waals surface area contributed by atoms with E-state index in [9.17, 15) is 4.79 Å². The van der Waals surface area contributed by atoms with Crippen molar-refractivity contribution in [3.8, 4) is 0 Å². The van der Waals surface area contributed by atoms with Crippen molar-refractivity contribution >= 4 is 5.97 Å². The van der Waals surface area contributed by atoms with Crippen LogP contribution in [0.1, 0.15) is 23.9 Å². The van der Waals surface area contributed by atoms with Crippen LogP contribution in [0.4, 0.5) is 0 Å². The van der Waals surface area contributed by atoms with Gasteiger partial charge >= 0.3 is 5.97 Å². The molecule has 0 amide bonds. The van der Waals surface area contributed by atoms with E-state index in [2.05, 4.69) is 4.98 Å². The van der Waals surface area contributed by atoms with Gasteiger partial charge in [-0.05, 0) is 6.42 Å². The second-order valence-corrected chi connectivity index (χ2v) is 3.08. The second-order valence-electron chi connectivity index (χ2n) is 3.08. The highest BCUT2D eigenvalue weighted by Gasteiger charge is 2.45. The molecule has 2 rings (SSSR count). The van der Waals surface area contributed by atoms with E-state index in [4.69, 9.17) is 9.52 Å². The molecule has 1 aliphatic rings. The summed E-state index contributed by atoms with van der Waals surface area (Å²) in [5.74, 6) is -0.295. The zero-order chi connectivity index (χ0) is 8.72. The summed E-state index contributed by atoms with van der Waals surface area (Å²) in [7, 11) is 0. The molecule has 1 N–H and O–H groups in total. The highest BCUT2D eigenvalue weighted by molar-refractivity contribution is 5.74. The maximum absolute atomic E-state index is 10.5. The molecule has 0 bridgehead atoms. The van der Waals surface area contributed by atoms with Gasteiger partial charge < -0.3 is 9.52 Å². The number of aromatic nitrogens is 1. The molecule has 0 saturated heterocycles. The highest BCUT2D eigenvalue weighted by Crippen LogP contribution is 2.46. The minimum atomic E-state index is -0.736. The van der Waals surface area contributed by atoms with Crippen molar-refractivity contribution in [1.82, 2.24) is 4.98 Å². The van der Waals surface area contributed by atoms with Crippen molar-refractivity contribution in [3.63, 3.8) is 0 Å². The number of carbonyl (C=O) groups is 1. The minimum Gasteiger partial charge on any atom is -0.481 e. The van der Waals surface area contributed by atoms with Crippen molar-refractivity contribution in [2.75, 3.05) is 0 Å². The Bertz CT molecular complexity index is 318. The molecule has 2 unspecified atom stereocenters. The quantitative estimate of drug-likeness (QED) is 0.718. The summed E-state index contributed by atoms with van der Waals surface area (Å²) in [6.07, 6.45) is 2.24. The molecule has 1 aromatic rings. The van der Waals surface area contributed by atoms with E-state index < -0.39 is 5.97 Å². The summed E-state index contributed by atoms with van der Waals surface area (Å²) in [5.41, 5.74) is 0.778. The number of hydrogen-bond acceptors (Lipinski definition) is 3. The monoisotopic (exact) mass is 167 g/mol. The van der Waals surface area contributed by atoms with Crippen LogP contribution in [0.25, 0.3) is 0 Å². The molecule has 0 aliphatic heterocycles. The van der Waals surface area contributed by atoms with Crippen LogP contribution in [0.2, 0.25) is 0 Å². The topological polar surface area (TPSA) is 63.3 Å². The predicted molar refractivity (Wildman–Crippen MR) is 39.7 cm³/mol. The van der Waals surface area contributed by atoms with E-state index in [0.717, 1.165) is 5.69 Å². The standard InChI is InChI=1S/C8H9NO3/c1-4-9-7(3-12-4)5-2-6(5)8(10)11/h3,5-6H,2H2,1H3,(H,10,11). The molecule has 4 heteroatoms. The Morgan fingerprint density at radius 3 is 3.00 bits per heavy atom. The minimum absolute atomic E-state index is 0.0833. The molecule has 1 fully saturated rings. The number of rotatable bonds is 2. The van der Waals surface area contributed by atoms with E-state index in [0.29, 0.717) is 12.3 Å². The van der Waals surface area contributed by atoms with Crippen LogP contribution in [-0.2, 0) is 4.79 Å². The van der Waals surface area contributed by atoms with Crippen molar-refractivity contribution in [2.24, 2.45) is 5.92 Å². The molecule has 1 saturated carbocycles. The van der Waals surface area contributed by atoms with Crippen molar-refractivity contribution in [2.45, 2.75) is 19.3 Å². The van der Waals surface area contributed by atoms with Crippen molar-refractivity contribution in [3.05, 3.63) is 17.8 Å². The number of carboxylic acid groups (broad SMARTS) is 1. The summed E-state index contributed by atoms with van der Waals surface area (Å²) in [6, 6.07) is 0. The van der Waals surface area contributed by atoms with E-state index >= 15 is 0 Å². The average Bonchev–Trinajstić information content (AvgIpc) is 2.70. The summed E-state index contributed by atoms with van der Waals surface area (Å²) in [4.78, 5) is 14.6. The molecule has 64 valence electrons. The third kappa shape index (κ3) is 1.09. The number of aliphatic carboxylic acids is 1. The van der Waals surface area contributed by atoms with Crippen molar-refractivity contribution < 1.29 is 14.3 Å². The molecular weight excluding hydrogens is 158 g/mol. The lowest BCUT2D eigenvalue weighted by molar-refractivity contribution is -0.138. The van der Waals surface area contributed by atoms with Crippen LogP contribution in [-0.4, -0.2) is 16.1 Å². The molecule has 0 radical (unpaired) electrons. The Hall–Kier alpha value is -1.32. The molecule has 4 nitrogen and oxygen atoms in total. The summed E-state index contributed by atoms with van der Waals surface area (Å²) in [5, 5.41) is 8.63. The first-order valence-corrected chi connectivity index (χ1v) is 3.83. The predicted octanol–water partition coefficient (Wildman–Crippen LogP) is 1.17. The Morgan fingerprint density at radius 2 is 2.58 bits per heavy atom. The molecule has 0 spiro atoms. The fraction of sp³-hybridized carbons (Fsp3) is 0.500. The fourth-order valence-corrected chi connectivity index (χ4v) is 1.35. The third-order valence-corrected chi connectivity index (χ3v) is 2.12. The van der Waals surface area contributed by atoms with Gasteiger partial charge in [0, 0.05) is 12.8 Å². The maximum Gasteiger partial charge on any atom is 0.307 e. The van der Waals surface area contributed by atoms with Crippen LogP contribution in [0, 0.1) is 12.8 Å². The summed E-state index contributed by atoms with van der Waals surface area (Å²) in [6.45, 7) is 1.75. The number of hydrogen-bond donors (Lipinski definition) is 1. The Kier molecular flexibility index (Phi) is 1.43. The van der Waals surface area contributed by atoms with E-state index in [1.165, 1.54) is 0 Å². The van der Waals surface area contributed by atoms with Gasteiger partial charge in [0.25, 0.3) is 0 Å². The second kappa shape index (κ2) is 2.33. The lowest BCUT2D eigenvalue weighted by Crippen LogP contribution is -1.98. The first kappa shape index (κ1) is 7.34. The SMILES string of the molecule is Cc1nc(C2CC2C(=O)O)co1. The molecule has 1 heterocycles. The molecule has 1 aromatic heterocycles. The van der Waals surface area contributed by atoms with Gasteiger partial charge in [-0.3, -0.25) is 4.79 Å². The van der Waals surface area contributed by atoms with Gasteiger partial charge in [-0.15, -0.1) is 0 Å². The van der Waals surface area contributed by atoms with Gasteiger partial charge in [-0.25, -0.2) is 4.98 Å². The summed E-state index contributed by atoms with van der Waals surface area (Å²) >= 11 is 0. The van der Waals surface area contributed by atoms with Gasteiger partial charge in [0.05, 0.1) is 11.6 Å². The van der Waals surface area contributed by atoms with Crippen LogP contribution >= 0.6 is 0 Å². The Morgan fingerprint density at radius 1 is 1.83 bits per heavy atom. The average molecular weight is 167 g/mol. The van der Waals surface area contributed by atoms with Gasteiger partial charge in [0.1, 0.15) is 6.26 Å². The normalized spacial score (nSPS) is 27.1. The van der Waals surface area contributed by atoms with Gasteiger partial charge in [-0.2, -0.15) is 0 Å².